The third-order valence-electron chi connectivity index (χ3n) is 2.62. The Kier molecular flexibility index (Phi) is 5.19. The lowest BCUT2D eigenvalue weighted by Gasteiger charge is -2.20. The van der Waals surface area contributed by atoms with E-state index in [1.165, 1.54) is 0 Å². The van der Waals surface area contributed by atoms with E-state index in [0.717, 1.165) is 16.4 Å². The summed E-state index contributed by atoms with van der Waals surface area (Å²) in [6, 6.07) is 4.27. The summed E-state index contributed by atoms with van der Waals surface area (Å²) >= 11 is 0. The molecule has 1 rings (SSSR count). The first kappa shape index (κ1) is 16.1. The number of carboxylic acids is 1. The zero-order chi connectivity index (χ0) is 15.3. The van der Waals surface area contributed by atoms with Crippen LogP contribution >= 0.6 is 0 Å². The molecule has 0 spiro atoms. The van der Waals surface area contributed by atoms with Crippen LogP contribution in [-0.2, 0) is 10.0 Å². The van der Waals surface area contributed by atoms with E-state index in [0.29, 0.717) is 6.07 Å². The Bertz CT molecular complexity index is 652. The van der Waals surface area contributed by atoms with Crippen molar-refractivity contribution in [1.29, 1.82) is 5.26 Å². The Labute approximate surface area is 116 Å². The molecule has 0 fully saturated rings. The minimum absolute atomic E-state index is 0.0369. The van der Waals surface area contributed by atoms with Gasteiger partial charge in [0.25, 0.3) is 0 Å². The number of nitriles is 1. The van der Waals surface area contributed by atoms with Crippen molar-refractivity contribution in [3.05, 3.63) is 29.6 Å². The molecule has 108 valence electrons. The van der Waals surface area contributed by atoms with Crippen LogP contribution in [-0.4, -0.2) is 36.9 Å². The van der Waals surface area contributed by atoms with E-state index in [2.05, 4.69) is 0 Å². The van der Waals surface area contributed by atoms with Crippen LogP contribution in [0.5, 0.6) is 0 Å². The molecule has 0 amide bonds. The van der Waals surface area contributed by atoms with Crippen molar-refractivity contribution >= 4 is 16.0 Å². The second kappa shape index (κ2) is 6.45. The van der Waals surface area contributed by atoms with Crippen molar-refractivity contribution in [2.75, 3.05) is 13.1 Å². The van der Waals surface area contributed by atoms with Crippen LogP contribution in [0.3, 0.4) is 0 Å². The molecule has 0 heterocycles. The molecule has 0 aliphatic heterocycles. The Morgan fingerprint density at radius 1 is 1.50 bits per heavy atom. The molecular formula is C12H13FN2O4S. The van der Waals surface area contributed by atoms with Crippen molar-refractivity contribution in [3.8, 4) is 6.07 Å². The Morgan fingerprint density at radius 3 is 2.65 bits per heavy atom. The first-order valence-electron chi connectivity index (χ1n) is 5.74. The highest BCUT2D eigenvalue weighted by Crippen LogP contribution is 2.22. The SMILES string of the molecule is CCN(CCC#N)S(=O)(=O)c1cc(F)ccc1C(=O)O. The first-order chi connectivity index (χ1) is 9.34. The fourth-order valence-electron chi connectivity index (χ4n) is 1.65. The molecule has 0 atom stereocenters. The maximum atomic E-state index is 13.2. The minimum Gasteiger partial charge on any atom is -0.478 e. The monoisotopic (exact) mass is 300 g/mol. The van der Waals surface area contributed by atoms with Gasteiger partial charge in [0.2, 0.25) is 10.0 Å². The molecule has 0 aliphatic rings. The molecule has 1 aromatic carbocycles. The van der Waals surface area contributed by atoms with E-state index in [4.69, 9.17) is 10.4 Å². The molecule has 6 nitrogen and oxygen atoms in total. The fraction of sp³-hybridized carbons (Fsp3) is 0.333. The lowest BCUT2D eigenvalue weighted by atomic mass is 10.2. The van der Waals surface area contributed by atoms with E-state index in [1.807, 2.05) is 6.07 Å². The average Bonchev–Trinajstić information content (AvgIpc) is 2.38. The van der Waals surface area contributed by atoms with Gasteiger partial charge < -0.3 is 5.11 Å². The maximum Gasteiger partial charge on any atom is 0.337 e. The van der Waals surface area contributed by atoms with Gasteiger partial charge in [-0.25, -0.2) is 17.6 Å². The van der Waals surface area contributed by atoms with E-state index in [1.54, 1.807) is 6.92 Å². The van der Waals surface area contributed by atoms with Crippen LogP contribution in [0.15, 0.2) is 23.1 Å². The smallest absolute Gasteiger partial charge is 0.337 e. The maximum absolute atomic E-state index is 13.2. The number of halogens is 1. The predicted octanol–water partition coefficient (Wildman–Crippen LogP) is 1.45. The molecule has 0 bridgehead atoms. The van der Waals surface area contributed by atoms with E-state index in [9.17, 15) is 17.6 Å². The second-order valence-corrected chi connectivity index (χ2v) is 5.76. The van der Waals surface area contributed by atoms with Gasteiger partial charge in [0.15, 0.2) is 0 Å². The quantitative estimate of drug-likeness (QED) is 0.857. The first-order valence-corrected chi connectivity index (χ1v) is 7.18. The number of aromatic carboxylic acids is 1. The zero-order valence-corrected chi connectivity index (χ0v) is 11.5. The summed E-state index contributed by atoms with van der Waals surface area (Å²) in [5.74, 6) is -2.30. The number of sulfonamides is 1. The number of nitrogens with zero attached hydrogens (tertiary/aromatic N) is 2. The summed E-state index contributed by atoms with van der Waals surface area (Å²) in [6.07, 6.45) is -0.0369. The Balaban J connectivity index is 3.37. The van der Waals surface area contributed by atoms with E-state index >= 15 is 0 Å². The number of carbonyl (C=O) groups is 1. The average molecular weight is 300 g/mol. The number of carboxylic acid groups (broad SMARTS) is 1. The van der Waals surface area contributed by atoms with Crippen LogP contribution in [0.1, 0.15) is 23.7 Å². The topological polar surface area (TPSA) is 98.5 Å². The Hall–Kier alpha value is -1.98. The van der Waals surface area contributed by atoms with Crippen molar-refractivity contribution in [3.63, 3.8) is 0 Å². The summed E-state index contributed by atoms with van der Waals surface area (Å²) in [5, 5.41) is 17.5. The number of rotatable bonds is 6. The molecule has 8 heteroatoms. The van der Waals surface area contributed by atoms with Crippen LogP contribution in [0.2, 0.25) is 0 Å². The van der Waals surface area contributed by atoms with E-state index in [-0.39, 0.29) is 19.5 Å². The molecule has 20 heavy (non-hydrogen) atoms. The standard InChI is InChI=1S/C12H13FN2O4S/c1-2-15(7-3-6-14)20(18,19)11-8-9(13)4-5-10(11)12(16)17/h4-5,8H,2-3,7H2,1H3,(H,16,17). The van der Waals surface area contributed by atoms with Gasteiger partial charge in [-0.2, -0.15) is 9.57 Å². The van der Waals surface area contributed by atoms with Crippen molar-refractivity contribution in [2.45, 2.75) is 18.2 Å². The molecule has 0 aliphatic carbocycles. The third-order valence-corrected chi connectivity index (χ3v) is 4.63. The third kappa shape index (κ3) is 3.31. The fourth-order valence-corrected chi connectivity index (χ4v) is 3.29. The van der Waals surface area contributed by atoms with E-state index < -0.39 is 32.3 Å². The number of benzene rings is 1. The van der Waals surface area contributed by atoms with Crippen molar-refractivity contribution in [1.82, 2.24) is 4.31 Å². The highest BCUT2D eigenvalue weighted by Gasteiger charge is 2.28. The minimum atomic E-state index is -4.16. The highest BCUT2D eigenvalue weighted by atomic mass is 32.2. The second-order valence-electron chi connectivity index (χ2n) is 3.85. The molecule has 0 radical (unpaired) electrons. The van der Waals surface area contributed by atoms with Crippen LogP contribution in [0, 0.1) is 17.1 Å². The van der Waals surface area contributed by atoms with Crippen molar-refractivity contribution in [2.24, 2.45) is 0 Å². The summed E-state index contributed by atoms with van der Waals surface area (Å²) < 4.78 is 38.8. The zero-order valence-electron chi connectivity index (χ0n) is 10.7. The van der Waals surface area contributed by atoms with Gasteiger partial charge in [0.05, 0.1) is 16.5 Å². The van der Waals surface area contributed by atoms with Gasteiger partial charge in [-0.3, -0.25) is 0 Å². The van der Waals surface area contributed by atoms with Gasteiger partial charge in [0.1, 0.15) is 5.82 Å². The van der Waals surface area contributed by atoms with Gasteiger partial charge in [0, 0.05) is 19.5 Å². The molecule has 1 N–H and O–H groups in total. The van der Waals surface area contributed by atoms with Crippen molar-refractivity contribution < 1.29 is 22.7 Å². The number of hydrogen-bond donors (Lipinski definition) is 1. The summed E-state index contributed by atoms with van der Waals surface area (Å²) in [4.78, 5) is 10.4. The molecule has 0 saturated heterocycles. The molecule has 1 aromatic rings. The van der Waals surface area contributed by atoms with Crippen LogP contribution < -0.4 is 0 Å². The summed E-state index contributed by atoms with van der Waals surface area (Å²) in [5.41, 5.74) is -0.498. The molecule has 0 saturated carbocycles. The molecular weight excluding hydrogens is 287 g/mol. The molecule has 0 unspecified atom stereocenters. The van der Waals surface area contributed by atoms with Gasteiger partial charge in [-0.1, -0.05) is 6.92 Å². The molecule has 0 aromatic heterocycles. The van der Waals surface area contributed by atoms with Gasteiger partial charge in [-0.05, 0) is 18.2 Å². The van der Waals surface area contributed by atoms with Crippen LogP contribution in [0.25, 0.3) is 0 Å². The highest BCUT2D eigenvalue weighted by molar-refractivity contribution is 7.89. The van der Waals surface area contributed by atoms with Crippen LogP contribution in [0.4, 0.5) is 4.39 Å². The normalized spacial score (nSPS) is 11.3. The largest absolute Gasteiger partial charge is 0.478 e. The van der Waals surface area contributed by atoms with Gasteiger partial charge >= 0.3 is 5.97 Å². The Morgan fingerprint density at radius 2 is 2.15 bits per heavy atom. The summed E-state index contributed by atoms with van der Waals surface area (Å²) in [7, 11) is -4.16. The lowest BCUT2D eigenvalue weighted by molar-refractivity contribution is 0.0692. The predicted molar refractivity (Wildman–Crippen MR) is 68.0 cm³/mol. The summed E-state index contributed by atoms with van der Waals surface area (Å²) in [6.45, 7) is 1.53. The number of hydrogen-bond acceptors (Lipinski definition) is 4. The lowest BCUT2D eigenvalue weighted by Crippen LogP contribution is -2.32. The van der Waals surface area contributed by atoms with Gasteiger partial charge in [-0.15, -0.1) is 0 Å².